The van der Waals surface area contributed by atoms with Gasteiger partial charge in [-0.05, 0) is 57.1 Å². The van der Waals surface area contributed by atoms with Crippen LogP contribution in [-0.4, -0.2) is 71.9 Å². The lowest BCUT2D eigenvalue weighted by Crippen LogP contribution is -2.39. The molecule has 1 aromatic heterocycles. The number of aryl methyl sites for hydroxylation is 1. The van der Waals surface area contributed by atoms with Gasteiger partial charge in [0.25, 0.3) is 5.91 Å². The smallest absolute Gasteiger partial charge is 0.276 e. The Morgan fingerprint density at radius 3 is 2.55 bits per heavy atom. The Hall–Kier alpha value is -3.20. The number of hydrogen-bond donors (Lipinski definition) is 0. The van der Waals surface area contributed by atoms with Crippen molar-refractivity contribution in [1.82, 2.24) is 19.9 Å². The number of rotatable bonds is 7. The minimum atomic E-state index is -0.181. The lowest BCUT2D eigenvalue weighted by atomic mass is 10.1. The molecular weight excluding hydrogens is 526 g/mol. The number of aromatic nitrogens is 1. The first-order chi connectivity index (χ1) is 19.3. The SMILES string of the molecule is CCCC(=O)N1CCCN(Cc2ccccc2)CCN(C(=O)c2noc(C)c2CN(C)C)Cc2ccc(Cl)cc21. The van der Waals surface area contributed by atoms with Gasteiger partial charge in [0.15, 0.2) is 5.69 Å². The van der Waals surface area contributed by atoms with Crippen LogP contribution in [0.3, 0.4) is 0 Å². The summed E-state index contributed by atoms with van der Waals surface area (Å²) in [6.45, 7) is 8.06. The third kappa shape index (κ3) is 7.50. The van der Waals surface area contributed by atoms with Crippen molar-refractivity contribution in [3.63, 3.8) is 0 Å². The number of amides is 2. The van der Waals surface area contributed by atoms with E-state index in [1.165, 1.54) is 5.56 Å². The van der Waals surface area contributed by atoms with Gasteiger partial charge in [-0.2, -0.15) is 0 Å². The Morgan fingerprint density at radius 1 is 1.05 bits per heavy atom. The summed E-state index contributed by atoms with van der Waals surface area (Å²) in [6, 6.07) is 15.9. The minimum Gasteiger partial charge on any atom is -0.361 e. The van der Waals surface area contributed by atoms with Crippen molar-refractivity contribution < 1.29 is 14.1 Å². The second-order valence-electron chi connectivity index (χ2n) is 10.7. The summed E-state index contributed by atoms with van der Waals surface area (Å²) in [6.07, 6.45) is 2.02. The number of anilines is 1. The number of benzene rings is 2. The molecule has 0 unspecified atom stereocenters. The van der Waals surface area contributed by atoms with Crippen molar-refractivity contribution in [1.29, 1.82) is 0 Å². The highest BCUT2D eigenvalue weighted by molar-refractivity contribution is 6.31. The fourth-order valence-electron chi connectivity index (χ4n) is 5.15. The summed E-state index contributed by atoms with van der Waals surface area (Å²) in [5.74, 6) is 0.530. The molecule has 0 N–H and O–H groups in total. The molecule has 3 aromatic rings. The number of hydrogen-bond acceptors (Lipinski definition) is 6. The van der Waals surface area contributed by atoms with E-state index in [1.54, 1.807) is 0 Å². The highest BCUT2D eigenvalue weighted by Gasteiger charge is 2.28. The van der Waals surface area contributed by atoms with E-state index in [9.17, 15) is 9.59 Å². The molecule has 0 spiro atoms. The van der Waals surface area contributed by atoms with Gasteiger partial charge >= 0.3 is 0 Å². The van der Waals surface area contributed by atoms with Crippen LogP contribution in [0.4, 0.5) is 5.69 Å². The predicted molar refractivity (Wildman–Crippen MR) is 158 cm³/mol. The molecule has 0 saturated carbocycles. The van der Waals surface area contributed by atoms with Gasteiger partial charge < -0.3 is 19.2 Å². The van der Waals surface area contributed by atoms with Gasteiger partial charge in [-0.3, -0.25) is 14.5 Å². The number of nitrogens with zero attached hydrogens (tertiary/aromatic N) is 5. The minimum absolute atomic E-state index is 0.0677. The fraction of sp³-hybridized carbons (Fsp3) is 0.452. The van der Waals surface area contributed by atoms with Gasteiger partial charge in [-0.15, -0.1) is 0 Å². The van der Waals surface area contributed by atoms with E-state index in [0.717, 1.165) is 42.7 Å². The summed E-state index contributed by atoms with van der Waals surface area (Å²) >= 11 is 6.45. The zero-order valence-corrected chi connectivity index (χ0v) is 24.8. The van der Waals surface area contributed by atoms with E-state index in [1.807, 2.05) is 79.0 Å². The molecule has 0 radical (unpaired) electrons. The third-order valence-electron chi connectivity index (χ3n) is 7.20. The quantitative estimate of drug-likeness (QED) is 0.383. The number of fused-ring (bicyclic) bond motifs is 1. The molecule has 0 saturated heterocycles. The van der Waals surface area contributed by atoms with Gasteiger partial charge in [0.05, 0.1) is 5.69 Å². The van der Waals surface area contributed by atoms with Crippen LogP contribution in [-0.2, 0) is 24.4 Å². The standard InChI is InChI=1S/C31H40ClN5O3/c1-5-10-29(38)37-16-9-15-35(20-24-11-7-6-8-12-24)17-18-36(21-25-13-14-26(32)19-28(25)37)31(39)30-27(22-34(3)4)23(2)40-33-30/h6-8,11-14,19H,5,9-10,15-18,20-22H2,1-4H3. The van der Waals surface area contributed by atoms with E-state index in [-0.39, 0.29) is 11.8 Å². The van der Waals surface area contributed by atoms with Crippen molar-refractivity contribution in [3.8, 4) is 0 Å². The molecule has 1 aliphatic rings. The van der Waals surface area contributed by atoms with E-state index in [0.29, 0.717) is 55.6 Å². The molecule has 0 fully saturated rings. The Kier molecular flexibility index (Phi) is 10.4. The van der Waals surface area contributed by atoms with Gasteiger partial charge in [-0.1, -0.05) is 60.1 Å². The Bertz CT molecular complexity index is 1290. The molecule has 4 rings (SSSR count). The van der Waals surface area contributed by atoms with Crippen LogP contribution in [0, 0.1) is 6.92 Å². The zero-order valence-electron chi connectivity index (χ0n) is 24.0. The molecular formula is C31H40ClN5O3. The summed E-state index contributed by atoms with van der Waals surface area (Å²) in [4.78, 5) is 35.5. The molecule has 0 bridgehead atoms. The van der Waals surface area contributed by atoms with Crippen LogP contribution >= 0.6 is 11.6 Å². The largest absolute Gasteiger partial charge is 0.361 e. The normalized spacial score (nSPS) is 15.2. The van der Waals surface area contributed by atoms with Gasteiger partial charge in [0.2, 0.25) is 5.91 Å². The number of carbonyl (C=O) groups excluding carboxylic acids is 2. The van der Waals surface area contributed by atoms with Crippen LogP contribution in [0.15, 0.2) is 53.1 Å². The van der Waals surface area contributed by atoms with Crippen molar-refractivity contribution in [3.05, 3.63) is 81.7 Å². The van der Waals surface area contributed by atoms with Crippen LogP contribution in [0.2, 0.25) is 5.02 Å². The third-order valence-corrected chi connectivity index (χ3v) is 7.44. The van der Waals surface area contributed by atoms with E-state index in [2.05, 4.69) is 22.2 Å². The van der Waals surface area contributed by atoms with Crippen LogP contribution in [0.5, 0.6) is 0 Å². The van der Waals surface area contributed by atoms with Gasteiger partial charge in [0.1, 0.15) is 5.76 Å². The maximum atomic E-state index is 14.1. The monoisotopic (exact) mass is 565 g/mol. The predicted octanol–water partition coefficient (Wildman–Crippen LogP) is 5.38. The number of carbonyl (C=O) groups is 2. The molecule has 40 heavy (non-hydrogen) atoms. The molecule has 2 amide bonds. The first kappa shape index (κ1) is 29.8. The molecule has 214 valence electrons. The molecule has 2 aromatic carbocycles. The summed E-state index contributed by atoms with van der Waals surface area (Å²) in [5, 5.41) is 4.75. The van der Waals surface area contributed by atoms with Gasteiger partial charge in [-0.25, -0.2) is 0 Å². The van der Waals surface area contributed by atoms with Crippen LogP contribution in [0.1, 0.15) is 59.1 Å². The van der Waals surface area contributed by atoms with Crippen molar-refractivity contribution >= 4 is 29.1 Å². The average Bonchev–Trinajstić information content (AvgIpc) is 3.27. The van der Waals surface area contributed by atoms with Crippen molar-refractivity contribution in [2.75, 3.05) is 45.2 Å². The highest BCUT2D eigenvalue weighted by Crippen LogP contribution is 2.29. The average molecular weight is 566 g/mol. The summed E-state index contributed by atoms with van der Waals surface area (Å²) in [5.41, 5.74) is 3.99. The van der Waals surface area contributed by atoms with Gasteiger partial charge in [0, 0.05) is 62.8 Å². The van der Waals surface area contributed by atoms with E-state index < -0.39 is 0 Å². The first-order valence-electron chi connectivity index (χ1n) is 14.0. The zero-order chi connectivity index (χ0) is 28.6. The van der Waals surface area contributed by atoms with E-state index in [4.69, 9.17) is 16.1 Å². The highest BCUT2D eigenvalue weighted by atomic mass is 35.5. The maximum absolute atomic E-state index is 14.1. The van der Waals surface area contributed by atoms with Crippen molar-refractivity contribution in [2.45, 2.75) is 52.7 Å². The van der Waals surface area contributed by atoms with Crippen LogP contribution < -0.4 is 4.90 Å². The fourth-order valence-corrected chi connectivity index (χ4v) is 5.31. The Labute approximate surface area is 242 Å². The topological polar surface area (TPSA) is 73.1 Å². The lowest BCUT2D eigenvalue weighted by Gasteiger charge is -2.28. The van der Waals surface area contributed by atoms with Crippen molar-refractivity contribution in [2.24, 2.45) is 0 Å². The molecule has 8 nitrogen and oxygen atoms in total. The summed E-state index contributed by atoms with van der Waals surface area (Å²) in [7, 11) is 3.91. The second kappa shape index (κ2) is 13.9. The Morgan fingerprint density at radius 2 is 1.82 bits per heavy atom. The molecule has 0 atom stereocenters. The molecule has 2 heterocycles. The van der Waals surface area contributed by atoms with Crippen LogP contribution in [0.25, 0.3) is 0 Å². The molecule has 0 aliphatic carbocycles. The Balaban J connectivity index is 1.73. The lowest BCUT2D eigenvalue weighted by molar-refractivity contribution is -0.118. The summed E-state index contributed by atoms with van der Waals surface area (Å²) < 4.78 is 5.48. The molecule has 9 heteroatoms. The molecule has 1 aliphatic heterocycles. The van der Waals surface area contributed by atoms with E-state index >= 15 is 0 Å². The number of halogens is 1. The first-order valence-corrected chi connectivity index (χ1v) is 14.4. The maximum Gasteiger partial charge on any atom is 0.276 e. The second-order valence-corrected chi connectivity index (χ2v) is 11.2.